The minimum Gasteiger partial charge on any atom is -0.349 e. The van der Waals surface area contributed by atoms with Gasteiger partial charge in [0.2, 0.25) is 0 Å². The van der Waals surface area contributed by atoms with E-state index in [1.165, 1.54) is 0 Å². The van der Waals surface area contributed by atoms with E-state index in [4.69, 9.17) is 9.47 Å². The molecule has 0 heterocycles. The molecule has 2 heteroatoms. The number of hydrogen-bond donors (Lipinski definition) is 0. The van der Waals surface area contributed by atoms with Crippen LogP contribution in [0.2, 0.25) is 0 Å². The van der Waals surface area contributed by atoms with Gasteiger partial charge in [0.25, 0.3) is 0 Å². The Morgan fingerprint density at radius 2 is 1.42 bits per heavy atom. The number of ether oxygens (including phenoxy) is 2. The van der Waals surface area contributed by atoms with Gasteiger partial charge in [0.1, 0.15) is 0 Å². The summed E-state index contributed by atoms with van der Waals surface area (Å²) in [5.41, 5.74) is 0. The first-order valence-corrected chi connectivity index (χ1v) is 4.26. The van der Waals surface area contributed by atoms with Crippen molar-refractivity contribution in [2.75, 3.05) is 13.2 Å². The molecule has 0 atom stereocenters. The van der Waals surface area contributed by atoms with Gasteiger partial charge in [-0.3, -0.25) is 0 Å². The van der Waals surface area contributed by atoms with Crippen molar-refractivity contribution >= 4 is 0 Å². The monoisotopic (exact) mass is 170 g/mol. The highest BCUT2D eigenvalue weighted by Crippen LogP contribution is 1.93. The van der Waals surface area contributed by atoms with Crippen LogP contribution in [0.5, 0.6) is 0 Å². The van der Waals surface area contributed by atoms with E-state index in [0.29, 0.717) is 13.2 Å². The fourth-order valence-electron chi connectivity index (χ4n) is 0.623. The van der Waals surface area contributed by atoms with Crippen molar-refractivity contribution < 1.29 is 9.47 Å². The predicted octanol–water partition coefficient (Wildman–Crippen LogP) is 2.52. The molecule has 0 unspecified atom stereocenters. The lowest BCUT2D eigenvalue weighted by Crippen LogP contribution is -2.12. The van der Waals surface area contributed by atoms with Crippen molar-refractivity contribution in [3.05, 3.63) is 24.3 Å². The molecule has 0 radical (unpaired) electrons. The van der Waals surface area contributed by atoms with Crippen LogP contribution in [0, 0.1) is 0 Å². The zero-order valence-corrected chi connectivity index (χ0v) is 8.12. The van der Waals surface area contributed by atoms with E-state index in [9.17, 15) is 0 Å². The summed E-state index contributed by atoms with van der Waals surface area (Å²) in [6.45, 7) is 7.07. The van der Waals surface area contributed by atoms with E-state index < -0.39 is 0 Å². The molecule has 0 aromatic carbocycles. The van der Waals surface area contributed by atoms with Crippen LogP contribution in [0.4, 0.5) is 0 Å². The van der Waals surface area contributed by atoms with Gasteiger partial charge in [-0.15, -0.1) is 0 Å². The number of allylic oxidation sites excluding steroid dienone is 2. The van der Waals surface area contributed by atoms with Gasteiger partial charge in [-0.1, -0.05) is 24.3 Å². The summed E-state index contributed by atoms with van der Waals surface area (Å²) in [5, 5.41) is 0. The minimum atomic E-state index is -0.127. The summed E-state index contributed by atoms with van der Waals surface area (Å²) >= 11 is 0. The van der Waals surface area contributed by atoms with E-state index in [-0.39, 0.29) is 6.29 Å². The van der Waals surface area contributed by atoms with Crippen LogP contribution >= 0.6 is 0 Å². The number of hydrogen-bond acceptors (Lipinski definition) is 2. The molecule has 0 bridgehead atoms. The first-order valence-electron chi connectivity index (χ1n) is 4.26. The predicted molar refractivity (Wildman–Crippen MR) is 51.0 cm³/mol. The van der Waals surface area contributed by atoms with Gasteiger partial charge in [-0.25, -0.2) is 0 Å². The molecule has 0 aromatic rings. The molecule has 0 aliphatic rings. The highest BCUT2D eigenvalue weighted by atomic mass is 16.7. The maximum Gasteiger partial charge on any atom is 0.155 e. The van der Waals surface area contributed by atoms with Crippen molar-refractivity contribution in [1.82, 2.24) is 0 Å². The van der Waals surface area contributed by atoms with E-state index in [2.05, 4.69) is 0 Å². The highest BCUT2D eigenvalue weighted by molar-refractivity contribution is 4.77. The van der Waals surface area contributed by atoms with Crippen LogP contribution in [0.25, 0.3) is 0 Å². The molecule has 0 fully saturated rings. The first-order chi connectivity index (χ1) is 5.81. The molecule has 70 valence electrons. The summed E-state index contributed by atoms with van der Waals surface area (Å²) in [6, 6.07) is 0. The van der Waals surface area contributed by atoms with Crippen LogP contribution in [-0.4, -0.2) is 19.5 Å². The smallest absolute Gasteiger partial charge is 0.155 e. The van der Waals surface area contributed by atoms with Crippen LogP contribution in [0.1, 0.15) is 20.8 Å². The SMILES string of the molecule is CC=CCOC(C)OCC=CC. The highest BCUT2D eigenvalue weighted by Gasteiger charge is 1.96. The van der Waals surface area contributed by atoms with Crippen molar-refractivity contribution in [2.45, 2.75) is 27.1 Å². The molecule has 0 spiro atoms. The summed E-state index contributed by atoms with van der Waals surface area (Å²) < 4.78 is 10.6. The minimum absolute atomic E-state index is 0.127. The Labute approximate surface area is 74.9 Å². The number of rotatable bonds is 6. The second-order valence-electron chi connectivity index (χ2n) is 2.37. The second kappa shape index (κ2) is 8.50. The molecule has 0 aliphatic heterocycles. The Balaban J connectivity index is 3.26. The lowest BCUT2D eigenvalue weighted by Gasteiger charge is -2.10. The Morgan fingerprint density at radius 3 is 1.75 bits per heavy atom. The molecule has 0 aromatic heterocycles. The molecular formula is C10H18O2. The molecule has 2 nitrogen and oxygen atoms in total. The van der Waals surface area contributed by atoms with E-state index in [1.54, 1.807) is 0 Å². The lowest BCUT2D eigenvalue weighted by atomic mass is 10.5. The largest absolute Gasteiger partial charge is 0.349 e. The van der Waals surface area contributed by atoms with Crippen molar-refractivity contribution in [3.8, 4) is 0 Å². The van der Waals surface area contributed by atoms with Crippen LogP contribution in [0.3, 0.4) is 0 Å². The van der Waals surface area contributed by atoms with Crippen molar-refractivity contribution in [1.29, 1.82) is 0 Å². The summed E-state index contributed by atoms with van der Waals surface area (Å²) in [7, 11) is 0. The summed E-state index contributed by atoms with van der Waals surface area (Å²) in [6.07, 6.45) is 7.69. The van der Waals surface area contributed by atoms with Crippen LogP contribution in [-0.2, 0) is 9.47 Å². The zero-order valence-electron chi connectivity index (χ0n) is 8.12. The van der Waals surface area contributed by atoms with E-state index in [1.807, 2.05) is 45.1 Å². The van der Waals surface area contributed by atoms with Crippen LogP contribution in [0.15, 0.2) is 24.3 Å². The third kappa shape index (κ3) is 7.51. The van der Waals surface area contributed by atoms with Crippen molar-refractivity contribution in [3.63, 3.8) is 0 Å². The molecular weight excluding hydrogens is 152 g/mol. The lowest BCUT2D eigenvalue weighted by molar-refractivity contribution is -0.113. The average molecular weight is 170 g/mol. The van der Waals surface area contributed by atoms with Crippen molar-refractivity contribution in [2.24, 2.45) is 0 Å². The van der Waals surface area contributed by atoms with Gasteiger partial charge >= 0.3 is 0 Å². The van der Waals surface area contributed by atoms with Gasteiger partial charge in [0.15, 0.2) is 6.29 Å². The Bertz CT molecular complexity index is 123. The molecule has 12 heavy (non-hydrogen) atoms. The Hall–Kier alpha value is -0.600. The second-order valence-corrected chi connectivity index (χ2v) is 2.37. The van der Waals surface area contributed by atoms with Crippen LogP contribution < -0.4 is 0 Å². The zero-order chi connectivity index (χ0) is 9.23. The molecule has 0 saturated heterocycles. The maximum atomic E-state index is 5.29. The Kier molecular flexibility index (Phi) is 8.07. The van der Waals surface area contributed by atoms with E-state index in [0.717, 1.165) is 0 Å². The van der Waals surface area contributed by atoms with Gasteiger partial charge in [-0.2, -0.15) is 0 Å². The van der Waals surface area contributed by atoms with Gasteiger partial charge < -0.3 is 9.47 Å². The fourth-order valence-corrected chi connectivity index (χ4v) is 0.623. The molecule has 0 amide bonds. The van der Waals surface area contributed by atoms with Gasteiger partial charge in [-0.05, 0) is 20.8 Å². The summed E-state index contributed by atoms with van der Waals surface area (Å²) in [5.74, 6) is 0. The molecule has 0 rings (SSSR count). The fraction of sp³-hybridized carbons (Fsp3) is 0.600. The standard InChI is InChI=1S/C10H18O2/c1-4-6-8-11-10(3)12-9-7-5-2/h4-7,10H,8-9H2,1-3H3. The van der Waals surface area contributed by atoms with Gasteiger partial charge in [0.05, 0.1) is 13.2 Å². The topological polar surface area (TPSA) is 18.5 Å². The maximum absolute atomic E-state index is 5.29. The molecule has 0 N–H and O–H groups in total. The quantitative estimate of drug-likeness (QED) is 0.450. The third-order valence-corrected chi connectivity index (χ3v) is 1.33. The normalized spacial score (nSPS) is 14.6. The average Bonchev–Trinajstić information content (AvgIpc) is 2.06. The first kappa shape index (κ1) is 11.4. The third-order valence-electron chi connectivity index (χ3n) is 1.33. The molecule has 0 aliphatic carbocycles. The Morgan fingerprint density at radius 1 is 1.00 bits per heavy atom. The van der Waals surface area contributed by atoms with E-state index >= 15 is 0 Å². The molecule has 0 saturated carbocycles. The summed E-state index contributed by atoms with van der Waals surface area (Å²) in [4.78, 5) is 0. The van der Waals surface area contributed by atoms with Gasteiger partial charge in [0, 0.05) is 0 Å².